The highest BCUT2D eigenvalue weighted by molar-refractivity contribution is 7.86. The number of thiazole rings is 1. The molecule has 39 heavy (non-hydrogen) atoms. The number of nitrogens with zero attached hydrogens (tertiary/aromatic N) is 4. The summed E-state index contributed by atoms with van der Waals surface area (Å²) in [6.45, 7) is 3.74. The average Bonchev–Trinajstić information content (AvgIpc) is 3.45. The lowest BCUT2D eigenvalue weighted by Crippen LogP contribution is -2.31. The number of likely N-dealkylation sites (tertiary alicyclic amines) is 1. The maximum atomic E-state index is 14.5. The minimum absolute atomic E-state index is 0.112. The third-order valence-corrected chi connectivity index (χ3v) is 8.34. The quantitative estimate of drug-likeness (QED) is 0.399. The highest BCUT2D eigenvalue weighted by Crippen LogP contribution is 2.33. The Morgan fingerprint density at radius 2 is 1.87 bits per heavy atom. The van der Waals surface area contributed by atoms with Crippen molar-refractivity contribution in [2.24, 2.45) is 0 Å². The SMILES string of the molecule is Cc1cc(C(F)F)nn1C=CN1CCC(c2nc(C3NCc4c(F)ccc(OS(C)(=O)=O)c4CN3)cs2)CC1. The van der Waals surface area contributed by atoms with Gasteiger partial charge in [-0.05, 0) is 38.0 Å². The third kappa shape index (κ3) is 6.45. The molecular formula is C25H29F3N6O3S2. The zero-order valence-electron chi connectivity index (χ0n) is 21.4. The van der Waals surface area contributed by atoms with Crippen molar-refractivity contribution in [2.75, 3.05) is 19.3 Å². The van der Waals surface area contributed by atoms with E-state index in [2.05, 4.69) is 20.6 Å². The van der Waals surface area contributed by atoms with Gasteiger partial charge in [-0.25, -0.2) is 22.8 Å². The molecule has 9 nitrogen and oxygen atoms in total. The predicted molar refractivity (Wildman–Crippen MR) is 141 cm³/mol. The van der Waals surface area contributed by atoms with Crippen molar-refractivity contribution in [1.82, 2.24) is 30.3 Å². The molecule has 1 saturated heterocycles. The van der Waals surface area contributed by atoms with Gasteiger partial charge in [0, 0.05) is 66.7 Å². The molecule has 4 heterocycles. The molecule has 2 aromatic heterocycles. The molecular weight excluding hydrogens is 553 g/mol. The molecule has 1 atom stereocenters. The Morgan fingerprint density at radius 3 is 2.54 bits per heavy atom. The number of alkyl halides is 2. The Morgan fingerprint density at radius 1 is 1.15 bits per heavy atom. The van der Waals surface area contributed by atoms with Gasteiger partial charge >= 0.3 is 10.1 Å². The van der Waals surface area contributed by atoms with Crippen molar-refractivity contribution >= 4 is 27.7 Å². The summed E-state index contributed by atoms with van der Waals surface area (Å²) in [6, 6.07) is 3.92. The van der Waals surface area contributed by atoms with E-state index in [-0.39, 0.29) is 30.7 Å². The minimum Gasteiger partial charge on any atom is -0.382 e. The van der Waals surface area contributed by atoms with Crippen LogP contribution in [0.2, 0.25) is 0 Å². The summed E-state index contributed by atoms with van der Waals surface area (Å²) < 4.78 is 70.2. The second-order valence-electron chi connectivity index (χ2n) is 9.66. The Balaban J connectivity index is 1.20. The Hall–Kier alpha value is -2.94. The molecule has 0 amide bonds. The van der Waals surface area contributed by atoms with Gasteiger partial charge in [0.2, 0.25) is 0 Å². The number of halogens is 3. The summed E-state index contributed by atoms with van der Waals surface area (Å²) in [5.74, 6) is -0.0287. The fraction of sp³-hybridized carbons (Fsp3) is 0.440. The van der Waals surface area contributed by atoms with Crippen molar-refractivity contribution in [3.05, 3.63) is 68.8 Å². The van der Waals surface area contributed by atoms with E-state index in [9.17, 15) is 21.6 Å². The third-order valence-electron chi connectivity index (χ3n) is 6.84. The molecule has 2 N–H and O–H groups in total. The molecule has 2 aliphatic heterocycles. The molecule has 1 fully saturated rings. The first-order valence-electron chi connectivity index (χ1n) is 12.5. The van der Waals surface area contributed by atoms with Crippen molar-refractivity contribution < 1.29 is 25.8 Å². The van der Waals surface area contributed by atoms with Crippen molar-refractivity contribution in [1.29, 1.82) is 0 Å². The lowest BCUT2D eigenvalue weighted by molar-refractivity contribution is 0.145. The summed E-state index contributed by atoms with van der Waals surface area (Å²) in [5.41, 5.74) is 2.03. The first-order chi connectivity index (χ1) is 18.6. The summed E-state index contributed by atoms with van der Waals surface area (Å²) >= 11 is 1.58. The Labute approximate surface area is 228 Å². The number of hydrogen-bond donors (Lipinski definition) is 2. The second-order valence-corrected chi connectivity index (χ2v) is 12.1. The van der Waals surface area contributed by atoms with E-state index in [1.54, 1.807) is 24.5 Å². The van der Waals surface area contributed by atoms with E-state index in [1.807, 2.05) is 11.6 Å². The number of rotatable bonds is 7. The number of aromatic nitrogens is 3. The van der Waals surface area contributed by atoms with Crippen LogP contribution in [0, 0.1) is 12.7 Å². The summed E-state index contributed by atoms with van der Waals surface area (Å²) in [6.07, 6.45) is 3.40. The monoisotopic (exact) mass is 582 g/mol. The molecule has 1 aromatic carbocycles. The molecule has 0 spiro atoms. The first-order valence-corrected chi connectivity index (χ1v) is 15.2. The number of piperidine rings is 1. The lowest BCUT2D eigenvalue weighted by atomic mass is 9.98. The molecule has 2 aliphatic rings. The molecule has 0 bridgehead atoms. The van der Waals surface area contributed by atoms with Gasteiger partial charge in [0.1, 0.15) is 23.4 Å². The normalized spacial score (nSPS) is 19.0. The van der Waals surface area contributed by atoms with Gasteiger partial charge in [0.05, 0.1) is 17.0 Å². The smallest absolute Gasteiger partial charge is 0.306 e. The van der Waals surface area contributed by atoms with E-state index < -0.39 is 22.4 Å². The first kappa shape index (κ1) is 27.6. The number of nitrogens with one attached hydrogen (secondary N) is 2. The van der Waals surface area contributed by atoms with Crippen LogP contribution in [0.5, 0.6) is 5.75 Å². The molecule has 0 radical (unpaired) electrons. The van der Waals surface area contributed by atoms with Crippen LogP contribution in [0.3, 0.4) is 0 Å². The van der Waals surface area contributed by atoms with Crippen LogP contribution in [-0.2, 0) is 23.2 Å². The standard InChI is InChI=1S/C25H29F3N6O3S2/c1-15-11-20(23(27)28)32-34(15)10-9-33-7-5-16(6-8-33)25-31-21(14-38-25)24-29-12-17-18(13-30-24)22(4-3-19(17)26)37-39(2,35)36/h3-4,9-11,14,16,23-24,29-30H,5-8,12-13H2,1-2H3. The average molecular weight is 583 g/mol. The zero-order valence-corrected chi connectivity index (χ0v) is 23.0. The predicted octanol–water partition coefficient (Wildman–Crippen LogP) is 4.26. The van der Waals surface area contributed by atoms with Crippen LogP contribution < -0.4 is 14.8 Å². The van der Waals surface area contributed by atoms with Crippen molar-refractivity contribution in [3.63, 3.8) is 0 Å². The number of benzene rings is 1. The van der Waals surface area contributed by atoms with Gasteiger partial charge in [0.25, 0.3) is 6.43 Å². The fourth-order valence-corrected chi connectivity index (χ4v) is 6.30. The summed E-state index contributed by atoms with van der Waals surface area (Å²) in [4.78, 5) is 7.01. The highest BCUT2D eigenvalue weighted by Gasteiger charge is 2.27. The lowest BCUT2D eigenvalue weighted by Gasteiger charge is -2.30. The van der Waals surface area contributed by atoms with Crippen molar-refractivity contribution in [3.8, 4) is 5.75 Å². The largest absolute Gasteiger partial charge is 0.382 e. The zero-order chi connectivity index (χ0) is 27.7. The van der Waals surface area contributed by atoms with Crippen LogP contribution in [0.25, 0.3) is 6.20 Å². The summed E-state index contributed by atoms with van der Waals surface area (Å²) in [5, 5.41) is 13.5. The second kappa shape index (κ2) is 11.3. The topological polar surface area (TPSA) is 101 Å². The van der Waals surface area contributed by atoms with Crippen LogP contribution in [0.1, 0.15) is 64.6 Å². The maximum absolute atomic E-state index is 14.5. The van der Waals surface area contributed by atoms with E-state index in [4.69, 9.17) is 9.17 Å². The Kier molecular flexibility index (Phi) is 7.99. The molecule has 5 rings (SSSR count). The van der Waals surface area contributed by atoms with E-state index in [0.717, 1.165) is 42.9 Å². The van der Waals surface area contributed by atoms with Gasteiger partial charge in [-0.1, -0.05) is 0 Å². The van der Waals surface area contributed by atoms with Crippen LogP contribution in [0.15, 0.2) is 29.8 Å². The van der Waals surface area contributed by atoms with Gasteiger partial charge in [0.15, 0.2) is 0 Å². The van der Waals surface area contributed by atoms with Gasteiger partial charge in [-0.15, -0.1) is 11.3 Å². The van der Waals surface area contributed by atoms with Gasteiger partial charge < -0.3 is 9.08 Å². The van der Waals surface area contributed by atoms with Crippen LogP contribution in [-0.4, -0.2) is 47.4 Å². The molecule has 0 aliphatic carbocycles. The van der Waals surface area contributed by atoms with Crippen molar-refractivity contribution in [2.45, 2.75) is 51.4 Å². The van der Waals surface area contributed by atoms with Crippen LogP contribution >= 0.6 is 11.3 Å². The molecule has 14 heteroatoms. The van der Waals surface area contributed by atoms with E-state index in [0.29, 0.717) is 22.7 Å². The minimum atomic E-state index is -3.76. The maximum Gasteiger partial charge on any atom is 0.306 e. The van der Waals surface area contributed by atoms with Gasteiger partial charge in [-0.3, -0.25) is 10.6 Å². The molecule has 3 aromatic rings. The molecule has 0 saturated carbocycles. The number of hydrogen-bond acceptors (Lipinski definition) is 9. The van der Waals surface area contributed by atoms with E-state index in [1.165, 1.54) is 22.9 Å². The number of aryl methyl sites for hydroxylation is 1. The van der Waals surface area contributed by atoms with Gasteiger partial charge in [-0.2, -0.15) is 13.5 Å². The molecule has 1 unspecified atom stereocenters. The van der Waals surface area contributed by atoms with E-state index >= 15 is 0 Å². The fourth-order valence-electron chi connectivity index (χ4n) is 4.80. The molecule has 210 valence electrons. The number of fused-ring (bicyclic) bond motifs is 1. The van der Waals surface area contributed by atoms with Crippen LogP contribution in [0.4, 0.5) is 13.2 Å². The highest BCUT2D eigenvalue weighted by atomic mass is 32.2. The summed E-state index contributed by atoms with van der Waals surface area (Å²) in [7, 11) is -3.76. The Bertz CT molecular complexity index is 1470.